The number of hydrazine groups is 2. The number of rotatable bonds is 6. The number of benzene rings is 2. The number of hydrogen-bond donors (Lipinski definition) is 4. The van der Waals surface area contributed by atoms with Crippen molar-refractivity contribution in [2.24, 2.45) is 11.7 Å². The molecule has 2 aromatic rings. The number of nitrogens with two attached hydrogens (primary N) is 2. The molecule has 0 saturated carbocycles. The van der Waals surface area contributed by atoms with E-state index < -0.39 is 0 Å². The molecule has 0 bridgehead atoms. The normalized spacial score (nSPS) is 9.77. The van der Waals surface area contributed by atoms with E-state index in [2.05, 4.69) is 18.8 Å². The molecule has 0 heterocycles. The molecule has 26 heavy (non-hydrogen) atoms. The number of nitrogens with one attached hydrogen (secondary N) is 1. The Balaban J connectivity index is 0.000000765. The number of aryl methyl sites for hydroxylation is 3. The molecule has 0 spiro atoms. The van der Waals surface area contributed by atoms with E-state index in [1.54, 1.807) is 16.5 Å². The van der Waals surface area contributed by atoms with Gasteiger partial charge in [0.1, 0.15) is 18.1 Å². The molecule has 0 fully saturated rings. The Bertz CT molecular complexity index is 733. The lowest BCUT2D eigenvalue weighted by Crippen LogP contribution is -2.27. The molecule has 0 aromatic heterocycles. The maximum atomic E-state index is 9.73. The SMILES string of the molecule is CCc1cccc(N(C)N)c1COc1cc(C)c(O)cc1C.NNC=O. The van der Waals surface area contributed by atoms with Gasteiger partial charge in [0, 0.05) is 12.6 Å². The van der Waals surface area contributed by atoms with Crippen molar-refractivity contribution in [3.8, 4) is 11.5 Å². The first kappa shape index (κ1) is 21.3. The van der Waals surface area contributed by atoms with Crippen LogP contribution >= 0.6 is 0 Å². The summed E-state index contributed by atoms with van der Waals surface area (Å²) in [5, 5.41) is 11.3. The second kappa shape index (κ2) is 10.3. The summed E-state index contributed by atoms with van der Waals surface area (Å²) >= 11 is 0. The average Bonchev–Trinajstić information content (AvgIpc) is 2.63. The second-order valence-electron chi connectivity index (χ2n) is 5.86. The largest absolute Gasteiger partial charge is 0.508 e. The van der Waals surface area contributed by atoms with Crippen molar-refractivity contribution in [1.29, 1.82) is 0 Å². The summed E-state index contributed by atoms with van der Waals surface area (Å²) in [6.45, 7) is 6.36. The monoisotopic (exact) mass is 360 g/mol. The van der Waals surface area contributed by atoms with E-state index in [0.717, 1.165) is 34.5 Å². The van der Waals surface area contributed by atoms with Gasteiger partial charge in [-0.05, 0) is 55.2 Å². The van der Waals surface area contributed by atoms with Crippen LogP contribution in [0.4, 0.5) is 5.69 Å². The van der Waals surface area contributed by atoms with Crippen LogP contribution in [0.5, 0.6) is 11.5 Å². The van der Waals surface area contributed by atoms with Gasteiger partial charge in [0.2, 0.25) is 6.41 Å². The highest BCUT2D eigenvalue weighted by molar-refractivity contribution is 5.55. The lowest BCUT2D eigenvalue weighted by Gasteiger charge is -2.20. The van der Waals surface area contributed by atoms with Gasteiger partial charge in [-0.25, -0.2) is 11.7 Å². The molecule has 6 N–H and O–H groups in total. The van der Waals surface area contributed by atoms with E-state index >= 15 is 0 Å². The highest BCUT2D eigenvalue weighted by atomic mass is 16.5. The van der Waals surface area contributed by atoms with Crippen LogP contribution in [0.25, 0.3) is 0 Å². The van der Waals surface area contributed by atoms with E-state index in [0.29, 0.717) is 18.8 Å². The van der Waals surface area contributed by atoms with Crippen LogP contribution in [-0.4, -0.2) is 18.6 Å². The van der Waals surface area contributed by atoms with Crippen molar-refractivity contribution >= 4 is 12.1 Å². The summed E-state index contributed by atoms with van der Waals surface area (Å²) in [6.07, 6.45) is 1.33. The molecule has 2 aromatic carbocycles. The minimum absolute atomic E-state index is 0.293. The Kier molecular flexibility index (Phi) is 8.41. The maximum Gasteiger partial charge on any atom is 0.221 e. The number of hydrogen-bond acceptors (Lipinski definition) is 6. The van der Waals surface area contributed by atoms with Crippen LogP contribution < -0.4 is 26.9 Å². The summed E-state index contributed by atoms with van der Waals surface area (Å²) in [4.78, 5) is 8.94. The number of anilines is 1. The van der Waals surface area contributed by atoms with Crippen LogP contribution in [0.1, 0.15) is 29.2 Å². The molecule has 142 valence electrons. The quantitative estimate of drug-likeness (QED) is 0.271. The Hall–Kier alpha value is -2.77. The zero-order valence-corrected chi connectivity index (χ0v) is 15.7. The summed E-state index contributed by atoms with van der Waals surface area (Å²) in [6, 6.07) is 9.70. The van der Waals surface area contributed by atoms with E-state index in [1.807, 2.05) is 39.1 Å². The number of phenolic OH excluding ortho intramolecular Hbond substituents is 1. The number of phenols is 1. The number of aromatic hydroxyl groups is 1. The van der Waals surface area contributed by atoms with Crippen molar-refractivity contribution < 1.29 is 14.6 Å². The Morgan fingerprint density at radius 3 is 2.46 bits per heavy atom. The van der Waals surface area contributed by atoms with Gasteiger partial charge in [-0.2, -0.15) is 0 Å². The number of nitrogens with zero attached hydrogens (tertiary/aromatic N) is 1. The van der Waals surface area contributed by atoms with Gasteiger partial charge in [-0.1, -0.05) is 19.1 Å². The van der Waals surface area contributed by atoms with Gasteiger partial charge < -0.3 is 14.9 Å². The van der Waals surface area contributed by atoms with E-state index in [1.165, 1.54) is 5.56 Å². The minimum atomic E-state index is 0.293. The third-order valence-corrected chi connectivity index (χ3v) is 3.94. The fraction of sp³-hybridized carbons (Fsp3) is 0.316. The molecule has 7 heteroatoms. The predicted octanol–water partition coefficient (Wildman–Crippen LogP) is 2.07. The zero-order chi connectivity index (χ0) is 19.7. The molecule has 0 unspecified atom stereocenters. The lowest BCUT2D eigenvalue weighted by atomic mass is 10.0. The molecule has 1 amide bonds. The van der Waals surface area contributed by atoms with Crippen LogP contribution in [0.15, 0.2) is 30.3 Å². The van der Waals surface area contributed by atoms with Crippen molar-refractivity contribution in [2.45, 2.75) is 33.8 Å². The van der Waals surface area contributed by atoms with Crippen molar-refractivity contribution in [3.63, 3.8) is 0 Å². The van der Waals surface area contributed by atoms with Gasteiger partial charge in [-0.3, -0.25) is 10.2 Å². The number of carbonyl (C=O) groups is 1. The Labute approximate surface area is 154 Å². The molecule has 0 aliphatic rings. The molecule has 7 nitrogen and oxygen atoms in total. The van der Waals surface area contributed by atoms with Crippen LogP contribution in [0, 0.1) is 13.8 Å². The summed E-state index contributed by atoms with van der Waals surface area (Å²) in [7, 11) is 1.83. The van der Waals surface area contributed by atoms with Gasteiger partial charge in [0.25, 0.3) is 0 Å². The molecule has 0 saturated heterocycles. The topological polar surface area (TPSA) is 114 Å². The molecule has 0 aliphatic heterocycles. The average molecular weight is 360 g/mol. The van der Waals surface area contributed by atoms with Gasteiger partial charge in [-0.15, -0.1) is 0 Å². The maximum absolute atomic E-state index is 9.73. The van der Waals surface area contributed by atoms with Crippen molar-refractivity contribution in [2.75, 3.05) is 12.1 Å². The van der Waals surface area contributed by atoms with Gasteiger partial charge in [0.05, 0.1) is 5.69 Å². The highest BCUT2D eigenvalue weighted by Gasteiger charge is 2.12. The van der Waals surface area contributed by atoms with Crippen molar-refractivity contribution in [3.05, 3.63) is 52.6 Å². The van der Waals surface area contributed by atoms with Gasteiger partial charge in [0.15, 0.2) is 0 Å². The molecular weight excluding hydrogens is 332 g/mol. The van der Waals surface area contributed by atoms with Crippen LogP contribution in [-0.2, 0) is 17.8 Å². The molecule has 0 aliphatic carbocycles. The summed E-state index contributed by atoms with van der Waals surface area (Å²) < 4.78 is 6.00. The van der Waals surface area contributed by atoms with Crippen LogP contribution in [0.3, 0.4) is 0 Å². The third kappa shape index (κ3) is 5.65. The molecule has 0 radical (unpaired) electrons. The first-order chi connectivity index (χ1) is 12.3. The molecule has 2 rings (SSSR count). The van der Waals surface area contributed by atoms with Crippen molar-refractivity contribution in [1.82, 2.24) is 5.43 Å². The lowest BCUT2D eigenvalue weighted by molar-refractivity contribution is -0.109. The minimum Gasteiger partial charge on any atom is -0.508 e. The van der Waals surface area contributed by atoms with E-state index in [4.69, 9.17) is 15.4 Å². The smallest absolute Gasteiger partial charge is 0.221 e. The Morgan fingerprint density at radius 1 is 1.27 bits per heavy atom. The standard InChI is InChI=1S/C18H24N2O2.CH4N2O/c1-5-14-7-6-8-16(20(4)19)15(14)11-22-18-10-12(2)17(21)9-13(18)3;2-3-1-4/h6-10,21H,5,11,19H2,1-4H3;1H,2H2,(H,3,4). The number of ether oxygens (including phenoxy) is 1. The second-order valence-corrected chi connectivity index (χ2v) is 5.86. The third-order valence-electron chi connectivity index (χ3n) is 3.94. The van der Waals surface area contributed by atoms with Crippen LogP contribution in [0.2, 0.25) is 0 Å². The van der Waals surface area contributed by atoms with Gasteiger partial charge >= 0.3 is 0 Å². The molecular formula is C19H28N4O3. The van der Waals surface area contributed by atoms with E-state index in [9.17, 15) is 5.11 Å². The fourth-order valence-corrected chi connectivity index (χ4v) is 2.53. The molecule has 0 atom stereocenters. The highest BCUT2D eigenvalue weighted by Crippen LogP contribution is 2.29. The van der Waals surface area contributed by atoms with E-state index in [-0.39, 0.29) is 0 Å². The summed E-state index contributed by atoms with van der Waals surface area (Å²) in [5.74, 6) is 11.4. The zero-order valence-electron chi connectivity index (χ0n) is 15.7. The fourth-order valence-electron chi connectivity index (χ4n) is 2.53. The summed E-state index contributed by atoms with van der Waals surface area (Å²) in [5.41, 5.74) is 6.76. The Morgan fingerprint density at radius 2 is 1.92 bits per heavy atom. The first-order valence-electron chi connectivity index (χ1n) is 8.27. The first-order valence-corrected chi connectivity index (χ1v) is 8.27. The number of carbonyl (C=O) groups excluding carboxylic acids is 1. The predicted molar refractivity (Wildman–Crippen MR) is 104 cm³/mol. The number of amides is 1.